The van der Waals surface area contributed by atoms with Gasteiger partial charge in [0.15, 0.2) is 0 Å². The fraction of sp³-hybridized carbons (Fsp3) is 0.0500. The number of hydrogen-bond donors (Lipinski definition) is 0. The van der Waals surface area contributed by atoms with E-state index < -0.39 is 0 Å². The summed E-state index contributed by atoms with van der Waals surface area (Å²) in [6, 6.07) is 23.9. The van der Waals surface area contributed by atoms with Crippen molar-refractivity contribution in [2.45, 2.75) is 6.92 Å². The van der Waals surface area contributed by atoms with E-state index in [2.05, 4.69) is 6.07 Å². The maximum Gasteiger partial charge on any atom is 0.232 e. The molecule has 0 aliphatic rings. The summed E-state index contributed by atoms with van der Waals surface area (Å²) in [4.78, 5) is 0. The first-order valence-corrected chi connectivity index (χ1v) is 7.36. The summed E-state index contributed by atoms with van der Waals surface area (Å²) in [6.45, 7) is 2.04. The predicted octanol–water partition coefficient (Wildman–Crippen LogP) is 4.60. The topological polar surface area (TPSA) is 26.9 Å². The highest BCUT2D eigenvalue weighted by Crippen LogP contribution is 2.32. The normalized spacial score (nSPS) is 11.1. The van der Waals surface area contributed by atoms with Crippen LogP contribution >= 0.6 is 0 Å². The molecule has 0 atom stereocenters. The number of fused-ring (bicyclic) bond motifs is 3. The maximum atomic E-state index is 13.0. The van der Waals surface area contributed by atoms with E-state index in [1.807, 2.05) is 73.7 Å². The zero-order chi connectivity index (χ0) is 15.1. The molecule has 0 radical (unpaired) electrons. The van der Waals surface area contributed by atoms with E-state index >= 15 is 0 Å². The number of pyridine rings is 1. The molecule has 0 spiro atoms. The summed E-state index contributed by atoms with van der Waals surface area (Å²) in [5, 5.41) is 16.1. The van der Waals surface area contributed by atoms with Gasteiger partial charge in [0.05, 0.1) is 16.3 Å². The largest absolute Gasteiger partial charge is 0.618 e. The Bertz CT molecular complexity index is 1000. The number of benzene rings is 3. The minimum atomic E-state index is 0.708. The van der Waals surface area contributed by atoms with Crippen LogP contribution in [0, 0.1) is 12.1 Å². The first-order chi connectivity index (χ1) is 10.8. The van der Waals surface area contributed by atoms with Crippen molar-refractivity contribution < 1.29 is 4.73 Å². The van der Waals surface area contributed by atoms with Gasteiger partial charge in [-0.25, -0.2) is 0 Å². The highest BCUT2D eigenvalue weighted by atomic mass is 16.5. The molecule has 22 heavy (non-hydrogen) atoms. The van der Waals surface area contributed by atoms with Gasteiger partial charge in [-0.1, -0.05) is 48.5 Å². The van der Waals surface area contributed by atoms with E-state index in [1.54, 1.807) is 0 Å². The molecule has 3 aromatic carbocycles. The molecule has 0 fully saturated rings. The lowest BCUT2D eigenvalue weighted by molar-refractivity contribution is -0.563. The van der Waals surface area contributed by atoms with Crippen LogP contribution in [-0.2, 0) is 0 Å². The maximum absolute atomic E-state index is 13.0. The van der Waals surface area contributed by atoms with Gasteiger partial charge in [0.1, 0.15) is 0 Å². The van der Waals surface area contributed by atoms with Gasteiger partial charge in [-0.05, 0) is 30.7 Å². The van der Waals surface area contributed by atoms with Crippen molar-refractivity contribution in [3.63, 3.8) is 0 Å². The van der Waals surface area contributed by atoms with Crippen LogP contribution in [-0.4, -0.2) is 0 Å². The van der Waals surface area contributed by atoms with Crippen LogP contribution in [0.2, 0.25) is 0 Å². The van der Waals surface area contributed by atoms with Crippen LogP contribution in [0.3, 0.4) is 0 Å². The lowest BCUT2D eigenvalue weighted by Gasteiger charge is -2.13. The Morgan fingerprint density at radius 3 is 2.05 bits per heavy atom. The minimum absolute atomic E-state index is 0.708. The summed E-state index contributed by atoms with van der Waals surface area (Å²) < 4.78 is 1.07. The second-order valence-electron chi connectivity index (χ2n) is 5.52. The van der Waals surface area contributed by atoms with E-state index in [0.717, 1.165) is 37.7 Å². The SMILES string of the molecule is Cc1ccccc1-c1c2ccccc2c2ccccc2[n+]1[O-]. The van der Waals surface area contributed by atoms with Crippen LogP contribution in [0.4, 0.5) is 0 Å². The van der Waals surface area contributed by atoms with Crippen molar-refractivity contribution in [1.29, 1.82) is 0 Å². The predicted molar refractivity (Wildman–Crippen MR) is 90.6 cm³/mol. The standard InChI is InChI=1S/C20H15NO/c1-14-8-2-3-9-15(14)20-18-12-5-4-10-16(18)17-11-6-7-13-19(17)21(20)22/h2-13H,1H3. The molecule has 0 aliphatic heterocycles. The Kier molecular flexibility index (Phi) is 2.83. The molecule has 2 heteroatoms. The van der Waals surface area contributed by atoms with E-state index in [9.17, 15) is 5.21 Å². The summed E-state index contributed by atoms with van der Waals surface area (Å²) >= 11 is 0. The third kappa shape index (κ3) is 1.77. The number of hydrogen-bond acceptors (Lipinski definition) is 1. The third-order valence-corrected chi connectivity index (χ3v) is 4.20. The lowest BCUT2D eigenvalue weighted by Crippen LogP contribution is -2.30. The number of aromatic nitrogens is 1. The van der Waals surface area contributed by atoms with Gasteiger partial charge in [0.25, 0.3) is 0 Å². The molecule has 106 valence electrons. The highest BCUT2D eigenvalue weighted by Gasteiger charge is 2.20. The quantitative estimate of drug-likeness (QED) is 0.285. The highest BCUT2D eigenvalue weighted by molar-refractivity contribution is 6.08. The summed E-state index contributed by atoms with van der Waals surface area (Å²) in [5.41, 5.74) is 3.53. The minimum Gasteiger partial charge on any atom is -0.618 e. The molecule has 4 aromatic rings. The first-order valence-electron chi connectivity index (χ1n) is 7.36. The van der Waals surface area contributed by atoms with Crippen molar-refractivity contribution >= 4 is 21.7 Å². The Morgan fingerprint density at radius 2 is 1.27 bits per heavy atom. The summed E-state index contributed by atoms with van der Waals surface area (Å²) in [7, 11) is 0. The van der Waals surface area contributed by atoms with Gasteiger partial charge < -0.3 is 5.21 Å². The molecule has 1 heterocycles. The van der Waals surface area contributed by atoms with Crippen molar-refractivity contribution in [1.82, 2.24) is 0 Å². The number of para-hydroxylation sites is 1. The fourth-order valence-corrected chi connectivity index (χ4v) is 3.13. The number of aryl methyl sites for hydroxylation is 1. The molecule has 0 aliphatic carbocycles. The van der Waals surface area contributed by atoms with Crippen LogP contribution in [0.25, 0.3) is 32.9 Å². The van der Waals surface area contributed by atoms with Crippen molar-refractivity contribution in [2.75, 3.05) is 0 Å². The monoisotopic (exact) mass is 285 g/mol. The van der Waals surface area contributed by atoms with Gasteiger partial charge in [0, 0.05) is 11.5 Å². The van der Waals surface area contributed by atoms with Crippen LogP contribution in [0.1, 0.15) is 5.56 Å². The molecule has 0 saturated heterocycles. The third-order valence-electron chi connectivity index (χ3n) is 4.20. The Labute approximate surface area is 128 Å². The number of rotatable bonds is 1. The molecule has 0 unspecified atom stereocenters. The molecular formula is C20H15NO. The van der Waals surface area contributed by atoms with Crippen LogP contribution < -0.4 is 4.73 Å². The molecule has 2 nitrogen and oxygen atoms in total. The average molecular weight is 285 g/mol. The average Bonchev–Trinajstić information content (AvgIpc) is 2.57. The molecule has 0 bridgehead atoms. The summed E-state index contributed by atoms with van der Waals surface area (Å²) in [6.07, 6.45) is 0. The van der Waals surface area contributed by atoms with E-state index in [4.69, 9.17) is 0 Å². The van der Waals surface area contributed by atoms with E-state index in [1.165, 1.54) is 0 Å². The zero-order valence-electron chi connectivity index (χ0n) is 12.3. The first kappa shape index (κ1) is 12.8. The fourth-order valence-electron chi connectivity index (χ4n) is 3.13. The van der Waals surface area contributed by atoms with Crippen LogP contribution in [0.15, 0.2) is 72.8 Å². The van der Waals surface area contributed by atoms with Gasteiger partial charge >= 0.3 is 0 Å². The van der Waals surface area contributed by atoms with Gasteiger partial charge in [-0.15, -0.1) is 0 Å². The van der Waals surface area contributed by atoms with Crippen molar-refractivity contribution in [3.8, 4) is 11.3 Å². The zero-order valence-corrected chi connectivity index (χ0v) is 12.3. The lowest BCUT2D eigenvalue weighted by atomic mass is 9.97. The van der Waals surface area contributed by atoms with Gasteiger partial charge in [0.2, 0.25) is 11.2 Å². The summed E-state index contributed by atoms with van der Waals surface area (Å²) in [5.74, 6) is 0. The van der Waals surface area contributed by atoms with E-state index in [0.29, 0.717) is 5.52 Å². The Balaban J connectivity index is 2.26. The molecular weight excluding hydrogens is 270 g/mol. The molecule has 4 rings (SSSR count). The molecule has 0 saturated carbocycles. The Hall–Kier alpha value is -2.87. The molecule has 0 amide bonds. The van der Waals surface area contributed by atoms with Crippen molar-refractivity contribution in [2.24, 2.45) is 0 Å². The second-order valence-corrected chi connectivity index (χ2v) is 5.52. The van der Waals surface area contributed by atoms with Crippen molar-refractivity contribution in [3.05, 3.63) is 83.6 Å². The Morgan fingerprint density at radius 1 is 0.682 bits per heavy atom. The second kappa shape index (κ2) is 4.85. The number of nitrogens with zero attached hydrogens (tertiary/aromatic N) is 1. The molecule has 0 N–H and O–H groups in total. The van der Waals surface area contributed by atoms with Gasteiger partial charge in [-0.3, -0.25) is 0 Å². The van der Waals surface area contributed by atoms with E-state index in [-0.39, 0.29) is 0 Å². The smallest absolute Gasteiger partial charge is 0.232 e. The van der Waals surface area contributed by atoms with Gasteiger partial charge in [-0.2, -0.15) is 4.73 Å². The van der Waals surface area contributed by atoms with Crippen LogP contribution in [0.5, 0.6) is 0 Å². The molecule has 1 aromatic heterocycles.